The van der Waals surface area contributed by atoms with Gasteiger partial charge in [-0.2, -0.15) is 5.06 Å². The van der Waals surface area contributed by atoms with Crippen LogP contribution in [0.1, 0.15) is 67.9 Å². The number of amides is 2. The minimum atomic E-state index is -1.59. The number of benzene rings is 3. The van der Waals surface area contributed by atoms with E-state index in [9.17, 15) is 24.6 Å². The molecule has 8 rings (SSSR count). The zero-order chi connectivity index (χ0) is 44.5. The van der Waals surface area contributed by atoms with Crippen LogP contribution in [0.4, 0.5) is 0 Å². The molecule has 3 heterocycles. The Hall–Kier alpha value is -5.16. The van der Waals surface area contributed by atoms with Crippen molar-refractivity contribution in [3.8, 4) is 0 Å². The molecule has 1 saturated carbocycles. The normalized spacial score (nSPS) is 26.4. The second-order valence-electron chi connectivity index (χ2n) is 18.2. The Bertz CT molecular complexity index is 2170. The molecule has 3 saturated heterocycles. The number of hydroxylamine groups is 2. The number of nitrogens with zero attached hydrogens (tertiary/aromatic N) is 2. The highest BCUT2D eigenvalue weighted by molar-refractivity contribution is 5.96. The molecule has 1 spiro atoms. The summed E-state index contributed by atoms with van der Waals surface area (Å²) < 4.78 is 30.9. The van der Waals surface area contributed by atoms with E-state index < -0.39 is 89.7 Å². The van der Waals surface area contributed by atoms with Crippen molar-refractivity contribution in [2.24, 2.45) is 5.41 Å². The maximum atomic E-state index is 15.8. The molecule has 8 atom stereocenters. The van der Waals surface area contributed by atoms with Crippen LogP contribution >= 0.6 is 0 Å². The molecule has 8 unspecified atom stereocenters. The van der Waals surface area contributed by atoms with Crippen molar-refractivity contribution in [1.29, 1.82) is 0 Å². The number of fused-ring (bicyclic) bond motifs is 5. The number of aliphatic hydroxyl groups is 2. The van der Waals surface area contributed by atoms with Crippen LogP contribution in [0, 0.1) is 5.41 Å². The minimum Gasteiger partial charge on any atom is -0.499 e. The summed E-state index contributed by atoms with van der Waals surface area (Å²) in [6.45, 7) is 4.88. The van der Waals surface area contributed by atoms with Crippen LogP contribution in [0.5, 0.6) is 0 Å². The highest BCUT2D eigenvalue weighted by Crippen LogP contribution is 2.59. The van der Waals surface area contributed by atoms with Crippen molar-refractivity contribution >= 4 is 29.8 Å². The van der Waals surface area contributed by atoms with Crippen LogP contribution in [0.25, 0.3) is 6.08 Å². The molecule has 2 bridgehead atoms. The van der Waals surface area contributed by atoms with Crippen LogP contribution in [-0.2, 0) is 73.5 Å². The van der Waals surface area contributed by atoms with Crippen LogP contribution in [-0.4, -0.2) is 125 Å². The van der Waals surface area contributed by atoms with E-state index >= 15 is 4.79 Å². The van der Waals surface area contributed by atoms with Crippen molar-refractivity contribution in [1.82, 2.24) is 15.3 Å². The fraction of sp³-hybridized carbons (Fsp3) is 0.500. The van der Waals surface area contributed by atoms with Gasteiger partial charge < -0.3 is 44.1 Å². The van der Waals surface area contributed by atoms with Crippen molar-refractivity contribution in [3.05, 3.63) is 113 Å². The molecule has 0 aromatic heterocycles. The second-order valence-corrected chi connectivity index (χ2v) is 18.2. The quantitative estimate of drug-likeness (QED) is 0.108. The van der Waals surface area contributed by atoms with Gasteiger partial charge in [-0.3, -0.25) is 24.0 Å². The van der Waals surface area contributed by atoms with Gasteiger partial charge in [-0.15, -0.1) is 0 Å². The summed E-state index contributed by atoms with van der Waals surface area (Å²) >= 11 is 0. The standard InChI is InChI=1S/C48H57N3O12/c1-46(2,3)60-38(54)19-18-35(29-53)49-43(55)36(24-30-12-6-5-7-13-30)50(4)45(57)48-27-37-39-40(62-47(61-39)25-32-15-9-10-16-33(32)26-47)42(48)63-51(41(48)44(56)59-37)28-34-17-11-8-14-31(34)20-22-58-23-21-52/h5-17,20,22,35-37,39-42,52-53H,18-19,21,23-29H2,1-4H3,(H,49,55). The first-order valence-electron chi connectivity index (χ1n) is 21.7. The lowest BCUT2D eigenvalue weighted by atomic mass is 9.62. The van der Waals surface area contributed by atoms with Crippen LogP contribution in [0.2, 0.25) is 0 Å². The molecule has 3 aromatic rings. The van der Waals surface area contributed by atoms with Crippen molar-refractivity contribution in [2.75, 3.05) is 26.9 Å². The summed E-state index contributed by atoms with van der Waals surface area (Å²) in [7, 11) is 1.55. The van der Waals surface area contributed by atoms with Crippen LogP contribution in [0.15, 0.2) is 85.1 Å². The third-order valence-electron chi connectivity index (χ3n) is 12.7. The molecular weight excluding hydrogens is 811 g/mol. The first-order valence-corrected chi connectivity index (χ1v) is 21.7. The van der Waals surface area contributed by atoms with E-state index in [1.807, 2.05) is 78.9 Å². The minimum absolute atomic E-state index is 0.0458. The summed E-state index contributed by atoms with van der Waals surface area (Å²) in [6.07, 6.45) is 0.945. The fourth-order valence-corrected chi connectivity index (χ4v) is 9.89. The molecule has 0 radical (unpaired) electrons. The highest BCUT2D eigenvalue weighted by atomic mass is 16.8. The molecule has 2 aliphatic carbocycles. The lowest BCUT2D eigenvalue weighted by Gasteiger charge is -2.50. The Labute approximate surface area is 367 Å². The van der Waals surface area contributed by atoms with E-state index in [-0.39, 0.29) is 45.4 Å². The van der Waals surface area contributed by atoms with Crippen molar-refractivity contribution in [3.63, 3.8) is 0 Å². The number of hydrogen-bond donors (Lipinski definition) is 3. The monoisotopic (exact) mass is 867 g/mol. The molecule has 3 aromatic carbocycles. The maximum absolute atomic E-state index is 15.8. The number of likely N-dealkylation sites (N-methyl/N-ethyl adjacent to an activating group) is 1. The zero-order valence-corrected chi connectivity index (χ0v) is 36.1. The van der Waals surface area contributed by atoms with E-state index in [0.717, 1.165) is 27.8 Å². The van der Waals surface area contributed by atoms with E-state index in [2.05, 4.69) is 5.32 Å². The number of carbonyl (C=O) groups is 4. The van der Waals surface area contributed by atoms with Gasteiger partial charge in [0.2, 0.25) is 11.8 Å². The van der Waals surface area contributed by atoms with Gasteiger partial charge in [0.25, 0.3) is 0 Å². The highest BCUT2D eigenvalue weighted by Gasteiger charge is 2.77. The van der Waals surface area contributed by atoms with Crippen molar-refractivity contribution in [2.45, 2.75) is 120 Å². The number of hydrogen-bond acceptors (Lipinski definition) is 13. The molecule has 15 nitrogen and oxygen atoms in total. The van der Waals surface area contributed by atoms with E-state index in [4.69, 9.17) is 28.5 Å². The summed E-state index contributed by atoms with van der Waals surface area (Å²) in [5.41, 5.74) is 2.18. The molecule has 2 amide bonds. The Morgan fingerprint density at radius 1 is 0.968 bits per heavy atom. The molecule has 63 heavy (non-hydrogen) atoms. The summed E-state index contributed by atoms with van der Waals surface area (Å²) in [6, 6.07) is 21.6. The first kappa shape index (κ1) is 44.4. The van der Waals surface area contributed by atoms with Crippen LogP contribution < -0.4 is 5.32 Å². The number of nitrogens with one attached hydrogen (secondary N) is 1. The lowest BCUT2D eigenvalue weighted by Crippen LogP contribution is -2.70. The van der Waals surface area contributed by atoms with Gasteiger partial charge in [-0.05, 0) is 61.1 Å². The van der Waals surface area contributed by atoms with Gasteiger partial charge in [0, 0.05) is 39.2 Å². The van der Waals surface area contributed by atoms with Gasteiger partial charge in [-0.1, -0.05) is 78.9 Å². The third kappa shape index (κ3) is 9.00. The SMILES string of the molecule is CN(C(=O)C12CC3OC(=O)C1N(Cc1ccccc1C=COCCO)OC2C1OC2(Cc4ccccc4C2)OC31)C(Cc1ccccc1)C(=O)NC(CO)CCC(=O)OC(C)(C)C. The molecular formula is C48H57N3O12. The van der Waals surface area contributed by atoms with E-state index in [1.54, 1.807) is 33.9 Å². The maximum Gasteiger partial charge on any atom is 0.327 e. The Morgan fingerprint density at radius 3 is 2.35 bits per heavy atom. The van der Waals surface area contributed by atoms with E-state index in [0.29, 0.717) is 12.8 Å². The van der Waals surface area contributed by atoms with Gasteiger partial charge in [0.05, 0.1) is 32.1 Å². The summed E-state index contributed by atoms with van der Waals surface area (Å²) in [4.78, 5) is 65.8. The first-order chi connectivity index (χ1) is 30.2. The topological polar surface area (TPSA) is 183 Å². The smallest absolute Gasteiger partial charge is 0.327 e. The fourth-order valence-electron chi connectivity index (χ4n) is 9.89. The second kappa shape index (κ2) is 18.1. The van der Waals surface area contributed by atoms with Gasteiger partial charge >= 0.3 is 11.9 Å². The number of carbonyl (C=O) groups excluding carboxylic acids is 4. The number of esters is 2. The molecule has 3 N–H and O–H groups in total. The van der Waals surface area contributed by atoms with Crippen molar-refractivity contribution < 1.29 is 57.9 Å². The van der Waals surface area contributed by atoms with E-state index in [1.165, 1.54) is 16.2 Å². The average Bonchev–Trinajstić information content (AvgIpc) is 3.94. The molecule has 4 fully saturated rings. The molecule has 15 heteroatoms. The Morgan fingerprint density at radius 2 is 1.65 bits per heavy atom. The predicted octanol–water partition coefficient (Wildman–Crippen LogP) is 3.41. The molecule has 5 aliphatic rings. The molecule has 3 aliphatic heterocycles. The van der Waals surface area contributed by atoms with Crippen LogP contribution in [0.3, 0.4) is 0 Å². The van der Waals surface area contributed by atoms with Gasteiger partial charge in [0.15, 0.2) is 11.8 Å². The lowest BCUT2D eigenvalue weighted by molar-refractivity contribution is -0.218. The molecule has 336 valence electrons. The van der Waals surface area contributed by atoms with Gasteiger partial charge in [0.1, 0.15) is 48.1 Å². The summed E-state index contributed by atoms with van der Waals surface area (Å²) in [5, 5.41) is 24.0. The largest absolute Gasteiger partial charge is 0.499 e. The number of ether oxygens (including phenoxy) is 5. The van der Waals surface area contributed by atoms with Gasteiger partial charge in [-0.25, -0.2) is 0 Å². The zero-order valence-electron chi connectivity index (χ0n) is 36.1. The number of rotatable bonds is 16. The Kier molecular flexibility index (Phi) is 12.8. The Balaban J connectivity index is 1.14. The average molecular weight is 868 g/mol. The predicted molar refractivity (Wildman–Crippen MR) is 227 cm³/mol. The summed E-state index contributed by atoms with van der Waals surface area (Å²) in [5.74, 6) is -3.23. The third-order valence-corrected chi connectivity index (χ3v) is 12.7. The number of aliphatic hydroxyl groups excluding tert-OH is 2.